The van der Waals surface area contributed by atoms with E-state index in [1.165, 1.54) is 10.1 Å². The van der Waals surface area contributed by atoms with Crippen LogP contribution in [0.2, 0.25) is 4.55 Å². The van der Waals surface area contributed by atoms with Crippen molar-refractivity contribution in [2.24, 2.45) is 0 Å². The largest absolute Gasteiger partial charge is 0.496 e. The molecule has 62 valence electrons. The van der Waals surface area contributed by atoms with Crippen molar-refractivity contribution in [3.63, 3.8) is 0 Å². The highest BCUT2D eigenvalue weighted by Gasteiger charge is 2.00. The van der Waals surface area contributed by atoms with Crippen molar-refractivity contribution in [1.29, 1.82) is 0 Å². The van der Waals surface area contributed by atoms with Gasteiger partial charge in [0.05, 0.1) is 7.11 Å². The second kappa shape index (κ2) is 5.83. The second-order valence-electron chi connectivity index (χ2n) is 2.60. The number of para-hydroxylation sites is 1. The highest BCUT2D eigenvalue weighted by atomic mass is 79.9. The lowest BCUT2D eigenvalue weighted by Crippen LogP contribution is -1.92. The van der Waals surface area contributed by atoms with Crippen molar-refractivity contribution in [2.45, 2.75) is 11.0 Å². The van der Waals surface area contributed by atoms with Crippen molar-refractivity contribution >= 4 is 31.1 Å². The summed E-state index contributed by atoms with van der Waals surface area (Å²) in [5.74, 6) is 1.02. The Balaban J connectivity index is 2.68. The number of hydrogen-bond acceptors (Lipinski definition) is 1. The molecule has 0 saturated carbocycles. The van der Waals surface area contributed by atoms with E-state index in [0.29, 0.717) is 0 Å². The smallest absolute Gasteiger partial charge is 0.468 e. The standard InChI is InChI=1S/C9H11O.BrH.Mg/c1-3-8-6-4-5-7-9(8)10-2;;/h4-7H,1,3H2,2H3;1H;/q;;+1/p-1. The van der Waals surface area contributed by atoms with Crippen molar-refractivity contribution in [1.82, 2.24) is 0 Å². The molecule has 0 atom stereocenters. The van der Waals surface area contributed by atoms with Crippen LogP contribution in [-0.2, 0) is 6.42 Å². The molecule has 1 aromatic rings. The van der Waals surface area contributed by atoms with Crippen LogP contribution in [-0.4, -0.2) is 25.3 Å². The first-order valence-electron chi connectivity index (χ1n) is 4.06. The summed E-state index contributed by atoms with van der Waals surface area (Å²) in [5, 5.41) is 0. The summed E-state index contributed by atoms with van der Waals surface area (Å²) in [6.07, 6.45) is 1.14. The quantitative estimate of drug-likeness (QED) is 0.734. The number of benzene rings is 1. The van der Waals surface area contributed by atoms with Gasteiger partial charge in [-0.15, -0.1) is 4.55 Å². The molecule has 0 bridgehead atoms. The van der Waals surface area contributed by atoms with E-state index in [1.54, 1.807) is 7.11 Å². The molecule has 0 aromatic heterocycles. The summed E-state index contributed by atoms with van der Waals surface area (Å²) in [5.41, 5.74) is 1.33. The minimum Gasteiger partial charge on any atom is -0.496 e. The number of ether oxygens (including phenoxy) is 1. The number of halogens is 1. The maximum Gasteiger partial charge on any atom is 0.468 e. The van der Waals surface area contributed by atoms with Gasteiger partial charge in [0.2, 0.25) is 0 Å². The number of rotatable bonds is 4. The normalized spacial score (nSPS) is 9.17. The van der Waals surface area contributed by atoms with Crippen LogP contribution in [0.3, 0.4) is 0 Å². The fourth-order valence-corrected chi connectivity index (χ4v) is 2.52. The van der Waals surface area contributed by atoms with Gasteiger partial charge in [0, 0.05) is 0 Å². The van der Waals surface area contributed by atoms with E-state index in [-0.39, 0.29) is 18.2 Å². The molecule has 0 unspecified atom stereocenters. The predicted molar refractivity (Wildman–Crippen MR) is 56.2 cm³/mol. The second-order valence-corrected chi connectivity index (χ2v) is 6.07. The molecule has 12 heavy (non-hydrogen) atoms. The molecule has 0 radical (unpaired) electrons. The van der Waals surface area contributed by atoms with Crippen LogP contribution in [0, 0.1) is 0 Å². The number of hydrogen-bond donors (Lipinski definition) is 0. The van der Waals surface area contributed by atoms with Gasteiger partial charge in [-0.05, 0) is 18.1 Å². The van der Waals surface area contributed by atoms with Crippen LogP contribution < -0.4 is 4.74 Å². The van der Waals surface area contributed by atoms with Crippen molar-refractivity contribution in [3.8, 4) is 5.75 Å². The van der Waals surface area contributed by atoms with Gasteiger partial charge in [-0.3, -0.25) is 0 Å². The first kappa shape index (κ1) is 10.3. The fourth-order valence-electron chi connectivity index (χ4n) is 1.17. The average Bonchev–Trinajstić information content (AvgIpc) is 2.15. The zero-order chi connectivity index (χ0) is 8.81. The third kappa shape index (κ3) is 2.96. The highest BCUT2D eigenvalue weighted by Crippen LogP contribution is 2.18. The van der Waals surface area contributed by atoms with Crippen molar-refractivity contribution in [2.75, 3.05) is 7.11 Å². The molecule has 1 aromatic carbocycles. The monoisotopic (exact) mass is 238 g/mol. The minimum atomic E-state index is 0.00347. The SMILES string of the molecule is COc1ccccc1C[CH2][Mg][Br]. The summed E-state index contributed by atoms with van der Waals surface area (Å²) < 4.78 is 6.53. The molecular formula is C9H11BrMgO. The van der Waals surface area contributed by atoms with Crippen LogP contribution in [0.15, 0.2) is 24.3 Å². The number of methoxy groups -OCH3 is 1. The molecule has 0 fully saturated rings. The first-order chi connectivity index (χ1) is 5.88. The third-order valence-corrected chi connectivity index (χ3v) is 4.08. The maximum atomic E-state index is 5.24. The van der Waals surface area contributed by atoms with Crippen LogP contribution in [0.4, 0.5) is 0 Å². The molecular weight excluding hydrogens is 228 g/mol. The summed E-state index contributed by atoms with van der Waals surface area (Å²) in [4.78, 5) is 0. The molecule has 0 heterocycles. The van der Waals surface area contributed by atoms with Crippen LogP contribution in [0.5, 0.6) is 5.75 Å². The van der Waals surface area contributed by atoms with Crippen LogP contribution in [0.25, 0.3) is 0 Å². The minimum absolute atomic E-state index is 0.00347. The number of aryl methyl sites for hydroxylation is 1. The molecule has 0 saturated heterocycles. The van der Waals surface area contributed by atoms with E-state index in [1.807, 2.05) is 12.1 Å². The average molecular weight is 239 g/mol. The van der Waals surface area contributed by atoms with E-state index < -0.39 is 0 Å². The lowest BCUT2D eigenvalue weighted by Gasteiger charge is -2.06. The van der Waals surface area contributed by atoms with E-state index in [2.05, 4.69) is 25.0 Å². The molecule has 0 spiro atoms. The Kier molecular flexibility index (Phi) is 5.03. The Morgan fingerprint density at radius 1 is 1.42 bits per heavy atom. The molecule has 0 aliphatic rings. The molecule has 1 nitrogen and oxygen atoms in total. The molecule has 0 amide bonds. The molecule has 3 heteroatoms. The first-order valence-corrected chi connectivity index (χ1v) is 8.96. The van der Waals surface area contributed by atoms with E-state index in [4.69, 9.17) is 4.74 Å². The van der Waals surface area contributed by atoms with Crippen molar-refractivity contribution in [3.05, 3.63) is 29.8 Å². The van der Waals surface area contributed by atoms with E-state index in [0.717, 1.165) is 12.2 Å². The molecule has 0 aliphatic heterocycles. The zero-order valence-corrected chi connectivity index (χ0v) is 10.2. The van der Waals surface area contributed by atoms with Crippen LogP contribution in [0.1, 0.15) is 5.56 Å². The van der Waals surface area contributed by atoms with Gasteiger partial charge in [-0.25, -0.2) is 0 Å². The highest BCUT2D eigenvalue weighted by molar-refractivity contribution is 9.23. The van der Waals surface area contributed by atoms with Gasteiger partial charge < -0.3 is 17.6 Å². The van der Waals surface area contributed by atoms with Gasteiger partial charge in [0.25, 0.3) is 0 Å². The molecule has 0 N–H and O–H groups in total. The summed E-state index contributed by atoms with van der Waals surface area (Å²) in [7, 11) is 1.73. The third-order valence-electron chi connectivity index (χ3n) is 1.77. The Hall–Kier alpha value is 0.266. The van der Waals surface area contributed by atoms with E-state index in [9.17, 15) is 0 Å². The molecule has 0 aliphatic carbocycles. The van der Waals surface area contributed by atoms with Gasteiger partial charge in [-0.1, -0.05) is 18.2 Å². The van der Waals surface area contributed by atoms with Gasteiger partial charge in [-0.2, -0.15) is 0 Å². The summed E-state index contributed by atoms with van der Waals surface area (Å²) in [6, 6.07) is 8.22. The lowest BCUT2D eigenvalue weighted by molar-refractivity contribution is 0.410. The van der Waals surface area contributed by atoms with Crippen LogP contribution >= 0.6 is 12.9 Å². The Bertz CT molecular complexity index is 240. The van der Waals surface area contributed by atoms with Gasteiger partial charge in [0.1, 0.15) is 5.75 Å². The fraction of sp³-hybridized carbons (Fsp3) is 0.333. The van der Waals surface area contributed by atoms with Crippen molar-refractivity contribution < 1.29 is 4.74 Å². The lowest BCUT2D eigenvalue weighted by atomic mass is 10.1. The maximum absolute atomic E-state index is 5.24. The van der Waals surface area contributed by atoms with Gasteiger partial charge in [0.15, 0.2) is 0 Å². The zero-order valence-electron chi connectivity index (χ0n) is 7.22. The topological polar surface area (TPSA) is 9.23 Å². The molecule has 1 rings (SSSR count). The van der Waals surface area contributed by atoms with E-state index >= 15 is 0 Å². The summed E-state index contributed by atoms with van der Waals surface area (Å²) >= 11 is 3.55. The Labute approximate surface area is 89.1 Å². The Morgan fingerprint density at radius 3 is 2.83 bits per heavy atom. The Morgan fingerprint density at radius 2 is 2.17 bits per heavy atom. The predicted octanol–water partition coefficient (Wildman–Crippen LogP) is 2.67. The van der Waals surface area contributed by atoms with Gasteiger partial charge >= 0.3 is 18.2 Å². The summed E-state index contributed by atoms with van der Waals surface area (Å²) in [6.45, 7) is 0.